The molecule has 8 heteroatoms. The lowest BCUT2D eigenvalue weighted by Crippen LogP contribution is -2.16. The molecule has 8 nitrogen and oxygen atoms in total. The summed E-state index contributed by atoms with van der Waals surface area (Å²) in [6.45, 7) is 4.40. The zero-order valence-corrected chi connectivity index (χ0v) is 16.7. The number of ether oxygens (including phenoxy) is 2. The van der Waals surface area contributed by atoms with E-state index in [2.05, 4.69) is 20.6 Å². The molecule has 0 aliphatic heterocycles. The maximum absolute atomic E-state index is 12.6. The van der Waals surface area contributed by atoms with E-state index in [4.69, 9.17) is 9.47 Å². The van der Waals surface area contributed by atoms with E-state index in [1.165, 1.54) is 18.6 Å². The number of rotatable bonds is 8. The van der Waals surface area contributed by atoms with E-state index >= 15 is 0 Å². The summed E-state index contributed by atoms with van der Waals surface area (Å²) < 4.78 is 11.4. The van der Waals surface area contributed by atoms with Gasteiger partial charge in [0, 0.05) is 30.1 Å². The minimum Gasteiger partial charge on any atom is -0.492 e. The zero-order chi connectivity index (χ0) is 21.3. The molecule has 0 unspecified atom stereocenters. The van der Waals surface area contributed by atoms with Gasteiger partial charge < -0.3 is 20.1 Å². The quantitative estimate of drug-likeness (QED) is 0.590. The molecule has 0 saturated carbocycles. The second-order valence-electron chi connectivity index (χ2n) is 6.08. The van der Waals surface area contributed by atoms with E-state index in [9.17, 15) is 9.59 Å². The number of benzene rings is 2. The average Bonchev–Trinajstić information content (AvgIpc) is 2.78. The normalized spacial score (nSPS) is 10.2. The highest BCUT2D eigenvalue weighted by molar-refractivity contribution is 6.06. The van der Waals surface area contributed by atoms with Gasteiger partial charge >= 0.3 is 0 Å². The molecular weight excluding hydrogens is 384 g/mol. The van der Waals surface area contributed by atoms with E-state index in [1.54, 1.807) is 36.4 Å². The van der Waals surface area contributed by atoms with Gasteiger partial charge in [0.15, 0.2) is 0 Å². The Labute approximate surface area is 174 Å². The summed E-state index contributed by atoms with van der Waals surface area (Å²) in [5.74, 6) is 0.0733. The van der Waals surface area contributed by atoms with E-state index in [1.807, 2.05) is 19.9 Å². The van der Waals surface area contributed by atoms with Crippen LogP contribution >= 0.6 is 0 Å². The molecule has 0 bridgehead atoms. The number of amides is 2. The monoisotopic (exact) mass is 406 g/mol. The topological polar surface area (TPSA) is 102 Å². The first-order valence-corrected chi connectivity index (χ1v) is 9.49. The highest BCUT2D eigenvalue weighted by Gasteiger charge is 2.18. The Morgan fingerprint density at radius 2 is 1.47 bits per heavy atom. The standard InChI is InChI=1S/C22H22N4O4/c1-3-29-19-13-17(26-22(28)18-14-23-10-11-24-18)20(30-4-2)12-16(19)25-21(27)15-8-6-5-7-9-15/h5-14H,3-4H2,1-2H3,(H,25,27)(H,26,28). The third-order valence-corrected chi connectivity index (χ3v) is 4.01. The minimum atomic E-state index is -0.437. The van der Waals surface area contributed by atoms with Gasteiger partial charge in [-0.05, 0) is 26.0 Å². The third kappa shape index (κ3) is 5.11. The molecule has 0 atom stereocenters. The molecule has 2 N–H and O–H groups in total. The summed E-state index contributed by atoms with van der Waals surface area (Å²) >= 11 is 0. The predicted molar refractivity (Wildman–Crippen MR) is 113 cm³/mol. The molecule has 3 aromatic rings. The number of nitrogens with one attached hydrogen (secondary N) is 2. The maximum atomic E-state index is 12.6. The Bertz CT molecular complexity index is 927. The van der Waals surface area contributed by atoms with Crippen molar-refractivity contribution in [3.05, 3.63) is 72.3 Å². The van der Waals surface area contributed by atoms with Gasteiger partial charge in [0.05, 0.1) is 30.8 Å². The predicted octanol–water partition coefficient (Wildman–Crippen LogP) is 3.78. The summed E-state index contributed by atoms with van der Waals surface area (Å²) in [6, 6.07) is 12.1. The molecule has 154 valence electrons. The fraction of sp³-hybridized carbons (Fsp3) is 0.182. The largest absolute Gasteiger partial charge is 0.492 e. The van der Waals surface area contributed by atoms with Crippen LogP contribution in [0.2, 0.25) is 0 Å². The Morgan fingerprint density at radius 1 is 0.867 bits per heavy atom. The summed E-state index contributed by atoms with van der Waals surface area (Å²) in [5, 5.41) is 5.61. The van der Waals surface area contributed by atoms with Crippen molar-refractivity contribution in [3.63, 3.8) is 0 Å². The summed E-state index contributed by atoms with van der Waals surface area (Å²) in [4.78, 5) is 33.0. The van der Waals surface area contributed by atoms with E-state index in [0.717, 1.165) is 0 Å². The molecule has 2 amide bonds. The van der Waals surface area contributed by atoms with Gasteiger partial charge in [0.1, 0.15) is 17.2 Å². The van der Waals surface area contributed by atoms with Crippen LogP contribution < -0.4 is 20.1 Å². The van der Waals surface area contributed by atoms with Crippen LogP contribution in [0.5, 0.6) is 11.5 Å². The second-order valence-corrected chi connectivity index (χ2v) is 6.08. The molecule has 2 aromatic carbocycles. The Kier molecular flexibility index (Phi) is 6.94. The van der Waals surface area contributed by atoms with Crippen molar-refractivity contribution in [2.45, 2.75) is 13.8 Å². The molecule has 0 aliphatic carbocycles. The lowest BCUT2D eigenvalue weighted by atomic mass is 10.2. The molecule has 3 rings (SSSR count). The Hall–Kier alpha value is -3.94. The first-order valence-electron chi connectivity index (χ1n) is 9.49. The van der Waals surface area contributed by atoms with Crippen LogP contribution in [0.25, 0.3) is 0 Å². The van der Waals surface area contributed by atoms with E-state index in [-0.39, 0.29) is 11.6 Å². The van der Waals surface area contributed by atoms with Crippen molar-refractivity contribution < 1.29 is 19.1 Å². The third-order valence-electron chi connectivity index (χ3n) is 4.01. The first-order chi connectivity index (χ1) is 14.6. The maximum Gasteiger partial charge on any atom is 0.275 e. The highest BCUT2D eigenvalue weighted by Crippen LogP contribution is 2.37. The van der Waals surface area contributed by atoms with Crippen LogP contribution in [-0.2, 0) is 0 Å². The van der Waals surface area contributed by atoms with Crippen LogP contribution in [0.15, 0.2) is 61.1 Å². The average molecular weight is 406 g/mol. The molecule has 0 aliphatic rings. The number of aromatic nitrogens is 2. The van der Waals surface area contributed by atoms with Gasteiger partial charge in [-0.15, -0.1) is 0 Å². The smallest absolute Gasteiger partial charge is 0.275 e. The van der Waals surface area contributed by atoms with Gasteiger partial charge in [0.2, 0.25) is 0 Å². The summed E-state index contributed by atoms with van der Waals surface area (Å²) in [5.41, 5.74) is 1.51. The van der Waals surface area contributed by atoms with Crippen LogP contribution in [0.3, 0.4) is 0 Å². The first kappa shape index (κ1) is 20.8. The second kappa shape index (κ2) is 10.0. The number of nitrogens with zero attached hydrogens (tertiary/aromatic N) is 2. The van der Waals surface area contributed by atoms with E-state index < -0.39 is 5.91 Å². The van der Waals surface area contributed by atoms with E-state index in [0.29, 0.717) is 41.7 Å². The molecule has 1 heterocycles. The van der Waals surface area contributed by atoms with Gasteiger partial charge in [0.25, 0.3) is 11.8 Å². The van der Waals surface area contributed by atoms with Crippen LogP contribution in [-0.4, -0.2) is 35.0 Å². The number of carbonyl (C=O) groups is 2. The van der Waals surface area contributed by atoms with Gasteiger partial charge in [-0.2, -0.15) is 0 Å². The summed E-state index contributed by atoms with van der Waals surface area (Å²) in [6.07, 6.45) is 4.29. The lowest BCUT2D eigenvalue weighted by molar-refractivity contribution is 0.101. The highest BCUT2D eigenvalue weighted by atomic mass is 16.5. The fourth-order valence-electron chi connectivity index (χ4n) is 2.69. The summed E-state index contributed by atoms with van der Waals surface area (Å²) in [7, 11) is 0. The van der Waals surface area contributed by atoms with Gasteiger partial charge in [-0.3, -0.25) is 14.6 Å². The number of carbonyl (C=O) groups excluding carboxylic acids is 2. The fourth-order valence-corrected chi connectivity index (χ4v) is 2.69. The van der Waals surface area contributed by atoms with Crippen molar-refractivity contribution in [2.75, 3.05) is 23.8 Å². The van der Waals surface area contributed by atoms with Crippen LogP contribution in [0.1, 0.15) is 34.7 Å². The molecule has 30 heavy (non-hydrogen) atoms. The molecular formula is C22H22N4O4. The molecule has 1 aromatic heterocycles. The van der Waals surface area contributed by atoms with Crippen molar-refractivity contribution in [2.24, 2.45) is 0 Å². The van der Waals surface area contributed by atoms with Crippen LogP contribution in [0, 0.1) is 0 Å². The van der Waals surface area contributed by atoms with Crippen molar-refractivity contribution in [1.29, 1.82) is 0 Å². The minimum absolute atomic E-state index is 0.166. The molecule has 0 radical (unpaired) electrons. The number of anilines is 2. The molecule has 0 fully saturated rings. The van der Waals surface area contributed by atoms with Crippen LogP contribution in [0.4, 0.5) is 11.4 Å². The number of hydrogen-bond acceptors (Lipinski definition) is 6. The Balaban J connectivity index is 1.92. The SMILES string of the molecule is CCOc1cc(NC(=O)c2cnccn2)c(OCC)cc1NC(=O)c1ccccc1. The number of hydrogen-bond donors (Lipinski definition) is 2. The molecule has 0 spiro atoms. The van der Waals surface area contributed by atoms with Crippen molar-refractivity contribution >= 4 is 23.2 Å². The van der Waals surface area contributed by atoms with Gasteiger partial charge in [-0.1, -0.05) is 18.2 Å². The van der Waals surface area contributed by atoms with Crippen molar-refractivity contribution in [1.82, 2.24) is 9.97 Å². The van der Waals surface area contributed by atoms with Gasteiger partial charge in [-0.25, -0.2) is 4.98 Å². The lowest BCUT2D eigenvalue weighted by Gasteiger charge is -2.17. The van der Waals surface area contributed by atoms with Crippen molar-refractivity contribution in [3.8, 4) is 11.5 Å². The zero-order valence-electron chi connectivity index (χ0n) is 16.7. The Morgan fingerprint density at radius 3 is 2.00 bits per heavy atom. The molecule has 0 saturated heterocycles.